The van der Waals surface area contributed by atoms with E-state index in [0.717, 1.165) is 18.5 Å². The summed E-state index contributed by atoms with van der Waals surface area (Å²) in [7, 11) is 1.75. The average molecular weight is 257 g/mol. The Balaban J connectivity index is 1.96. The van der Waals surface area contributed by atoms with Crippen LogP contribution in [0.25, 0.3) is 5.69 Å². The summed E-state index contributed by atoms with van der Waals surface area (Å²) in [5.41, 5.74) is 8.41. The molecule has 1 atom stereocenters. The number of aromatic nitrogens is 2. The van der Waals surface area contributed by atoms with Crippen LogP contribution in [0.1, 0.15) is 25.3 Å². The van der Waals surface area contributed by atoms with Gasteiger partial charge in [0, 0.05) is 30.9 Å². The number of imidazole rings is 1. The summed E-state index contributed by atoms with van der Waals surface area (Å²) in [6.45, 7) is 2.07. The van der Waals surface area contributed by atoms with Crippen LogP contribution in [0.5, 0.6) is 0 Å². The number of hydrogen-bond donors (Lipinski definition) is 1. The molecule has 0 spiro atoms. The van der Waals surface area contributed by atoms with Crippen LogP contribution < -0.4 is 11.4 Å². The van der Waals surface area contributed by atoms with Crippen LogP contribution in [0.15, 0.2) is 41.5 Å². The Labute approximate surface area is 112 Å². The molecule has 1 aromatic heterocycles. The molecule has 1 heterocycles. The van der Waals surface area contributed by atoms with Crippen molar-refractivity contribution < 1.29 is 0 Å². The van der Waals surface area contributed by atoms with Crippen molar-refractivity contribution in [3.05, 3.63) is 52.7 Å². The number of nitrogens with two attached hydrogens (primary N) is 1. The van der Waals surface area contributed by atoms with Crippen molar-refractivity contribution in [1.82, 2.24) is 9.13 Å². The third-order valence-electron chi connectivity index (χ3n) is 4.33. The minimum absolute atomic E-state index is 0.0268. The molecule has 2 N–H and O–H groups in total. The fourth-order valence-corrected chi connectivity index (χ4v) is 2.76. The summed E-state index contributed by atoms with van der Waals surface area (Å²) in [6, 6.07) is 8.38. The Morgan fingerprint density at radius 1 is 1.21 bits per heavy atom. The fourth-order valence-electron chi connectivity index (χ4n) is 2.76. The van der Waals surface area contributed by atoms with E-state index in [0.29, 0.717) is 0 Å². The van der Waals surface area contributed by atoms with E-state index in [2.05, 4.69) is 19.1 Å². The molecule has 4 heteroatoms. The summed E-state index contributed by atoms with van der Waals surface area (Å²) < 4.78 is 3.22. The van der Waals surface area contributed by atoms with Crippen LogP contribution in [0.4, 0.5) is 0 Å². The van der Waals surface area contributed by atoms with E-state index in [4.69, 9.17) is 5.73 Å². The van der Waals surface area contributed by atoms with E-state index in [1.807, 2.05) is 12.1 Å². The normalized spacial score (nSPS) is 18.3. The average Bonchev–Trinajstić information content (AvgIpc) is 3.15. The summed E-state index contributed by atoms with van der Waals surface area (Å²) >= 11 is 0. The summed E-state index contributed by atoms with van der Waals surface area (Å²) in [6.07, 6.45) is 5.88. The van der Waals surface area contributed by atoms with E-state index in [9.17, 15) is 4.79 Å². The first-order valence-corrected chi connectivity index (χ1v) is 6.65. The molecule has 1 saturated carbocycles. The molecule has 0 saturated heterocycles. The standard InChI is InChI=1S/C15H19N3O/c1-11(16)15(7-8-15)12-3-5-13(6-4-12)18-10-9-17(2)14(18)19/h3-6,9-11H,7-8,16H2,1-2H3. The molecular weight excluding hydrogens is 238 g/mol. The van der Waals surface area contributed by atoms with Gasteiger partial charge >= 0.3 is 5.69 Å². The van der Waals surface area contributed by atoms with Crippen LogP contribution >= 0.6 is 0 Å². The second-order valence-electron chi connectivity index (χ2n) is 5.55. The SMILES string of the molecule is CC(N)C1(c2ccc(-n3ccn(C)c3=O)cc2)CC1. The lowest BCUT2D eigenvalue weighted by atomic mass is 9.89. The zero-order valence-corrected chi connectivity index (χ0v) is 11.3. The van der Waals surface area contributed by atoms with Gasteiger partial charge in [-0.2, -0.15) is 0 Å². The van der Waals surface area contributed by atoms with Gasteiger partial charge in [0.05, 0.1) is 5.69 Å². The molecule has 4 nitrogen and oxygen atoms in total. The minimum atomic E-state index is -0.0268. The lowest BCUT2D eigenvalue weighted by Crippen LogP contribution is -2.31. The van der Waals surface area contributed by atoms with Crippen molar-refractivity contribution in [2.24, 2.45) is 12.8 Å². The van der Waals surface area contributed by atoms with Gasteiger partial charge in [-0.05, 0) is 37.5 Å². The summed E-state index contributed by atoms with van der Waals surface area (Å²) in [4.78, 5) is 11.9. The first-order valence-electron chi connectivity index (χ1n) is 6.65. The molecule has 1 aliphatic carbocycles. The maximum absolute atomic E-state index is 11.9. The van der Waals surface area contributed by atoms with Crippen LogP contribution in [-0.4, -0.2) is 15.2 Å². The molecule has 0 amide bonds. The van der Waals surface area contributed by atoms with Crippen molar-refractivity contribution in [1.29, 1.82) is 0 Å². The molecule has 3 rings (SSSR count). The molecular formula is C15H19N3O. The minimum Gasteiger partial charge on any atom is -0.327 e. The second-order valence-corrected chi connectivity index (χ2v) is 5.55. The Bertz CT molecular complexity index is 645. The number of hydrogen-bond acceptors (Lipinski definition) is 2. The Morgan fingerprint density at radius 2 is 1.84 bits per heavy atom. The first-order chi connectivity index (χ1) is 9.04. The van der Waals surface area contributed by atoms with Crippen LogP contribution in [0.3, 0.4) is 0 Å². The largest absolute Gasteiger partial charge is 0.332 e. The van der Waals surface area contributed by atoms with Crippen molar-refractivity contribution in [2.75, 3.05) is 0 Å². The molecule has 100 valence electrons. The number of aryl methyl sites for hydroxylation is 1. The van der Waals surface area contributed by atoms with Crippen molar-refractivity contribution in [3.63, 3.8) is 0 Å². The van der Waals surface area contributed by atoms with Crippen molar-refractivity contribution in [3.8, 4) is 5.69 Å². The number of benzene rings is 1. The van der Waals surface area contributed by atoms with Gasteiger partial charge in [0.2, 0.25) is 0 Å². The maximum atomic E-state index is 11.9. The lowest BCUT2D eigenvalue weighted by molar-refractivity contribution is 0.556. The summed E-state index contributed by atoms with van der Waals surface area (Å²) in [5, 5.41) is 0. The van der Waals surface area contributed by atoms with Crippen LogP contribution in [0, 0.1) is 0 Å². The Kier molecular flexibility index (Phi) is 2.64. The second kappa shape index (κ2) is 4.10. The van der Waals surface area contributed by atoms with Crippen LogP contribution in [0.2, 0.25) is 0 Å². The van der Waals surface area contributed by atoms with E-state index in [1.165, 1.54) is 5.56 Å². The molecule has 0 radical (unpaired) electrons. The van der Waals surface area contributed by atoms with Gasteiger partial charge in [0.15, 0.2) is 0 Å². The molecule has 1 aliphatic rings. The van der Waals surface area contributed by atoms with Gasteiger partial charge in [0.25, 0.3) is 0 Å². The highest BCUT2D eigenvalue weighted by atomic mass is 16.1. The Morgan fingerprint density at radius 3 is 2.26 bits per heavy atom. The highest BCUT2D eigenvalue weighted by Crippen LogP contribution is 2.50. The smallest absolute Gasteiger partial charge is 0.327 e. The fraction of sp³-hybridized carbons (Fsp3) is 0.400. The zero-order valence-electron chi connectivity index (χ0n) is 11.3. The van der Waals surface area contributed by atoms with Gasteiger partial charge in [-0.1, -0.05) is 12.1 Å². The number of rotatable bonds is 3. The predicted molar refractivity (Wildman–Crippen MR) is 75.6 cm³/mol. The van der Waals surface area contributed by atoms with Gasteiger partial charge in [-0.25, -0.2) is 4.79 Å². The molecule has 2 aromatic rings. The van der Waals surface area contributed by atoms with E-state index < -0.39 is 0 Å². The maximum Gasteiger partial charge on any atom is 0.332 e. The van der Waals surface area contributed by atoms with Crippen LogP contribution in [-0.2, 0) is 12.5 Å². The Hall–Kier alpha value is -1.81. The quantitative estimate of drug-likeness (QED) is 0.907. The molecule has 0 bridgehead atoms. The lowest BCUT2D eigenvalue weighted by Gasteiger charge is -2.20. The third-order valence-corrected chi connectivity index (χ3v) is 4.33. The van der Waals surface area contributed by atoms with Gasteiger partial charge in [0.1, 0.15) is 0 Å². The van der Waals surface area contributed by atoms with Gasteiger partial charge < -0.3 is 10.3 Å². The third kappa shape index (κ3) is 1.83. The van der Waals surface area contributed by atoms with Crippen molar-refractivity contribution in [2.45, 2.75) is 31.2 Å². The zero-order chi connectivity index (χ0) is 13.6. The molecule has 0 aliphatic heterocycles. The molecule has 1 unspecified atom stereocenters. The van der Waals surface area contributed by atoms with Gasteiger partial charge in [-0.15, -0.1) is 0 Å². The van der Waals surface area contributed by atoms with Crippen molar-refractivity contribution >= 4 is 0 Å². The molecule has 1 aromatic carbocycles. The highest BCUT2D eigenvalue weighted by molar-refractivity contribution is 5.41. The van der Waals surface area contributed by atoms with E-state index in [-0.39, 0.29) is 17.1 Å². The predicted octanol–water partition coefficient (Wildman–Crippen LogP) is 1.55. The molecule has 1 fully saturated rings. The number of nitrogens with zero attached hydrogens (tertiary/aromatic N) is 2. The first kappa shape index (κ1) is 12.2. The summed E-state index contributed by atoms with van der Waals surface area (Å²) in [5.74, 6) is 0. The van der Waals surface area contributed by atoms with E-state index >= 15 is 0 Å². The molecule has 19 heavy (non-hydrogen) atoms. The van der Waals surface area contributed by atoms with Gasteiger partial charge in [-0.3, -0.25) is 4.57 Å². The van der Waals surface area contributed by atoms with E-state index in [1.54, 1.807) is 28.6 Å². The highest BCUT2D eigenvalue weighted by Gasteiger charge is 2.47. The topological polar surface area (TPSA) is 52.9 Å². The monoisotopic (exact) mass is 257 g/mol.